The minimum absolute atomic E-state index is 0.00255. The van der Waals surface area contributed by atoms with E-state index in [-0.39, 0.29) is 125 Å². The maximum atomic E-state index is 13.5. The summed E-state index contributed by atoms with van der Waals surface area (Å²) in [6.45, 7) is 7.27. The Morgan fingerprint density at radius 3 is 1.28 bits per heavy atom. The number of aromatic amines is 1. The average Bonchev–Trinajstić information content (AvgIpc) is 1.68. The van der Waals surface area contributed by atoms with Crippen molar-refractivity contribution in [1.82, 2.24) is 58.4 Å². The second kappa shape index (κ2) is 48.2. The smallest absolute Gasteiger partial charge is 0.394 e. The van der Waals surface area contributed by atoms with Gasteiger partial charge in [-0.15, -0.1) is 0 Å². The standard InChI is InChI=1S/C22H30Cl2N5O6P.C17H20Cl2N5O7P.C16H17Cl2N5O3.C7H16ClO2P.C2HF3O/c1-2-3-4-11-36(32,33)35-15-28-21(31)20-19(14-26-29(20)7-9-34-10-8-30)27-22(28)25-13-16-5-6-17(23)18(24)12-16;18-12-2-1-11(7-13(12)19)8-20-17-22-14-9-21-24(3-5-30-6-4-25)15(14)16(26)23(17)10-31-32(27,28)29;17-11-2-1-10(7-12(11)18)8-19-16-21-13-9-20-23(3-5-26-6-4-24)14(13)15(25)22-16;1-3-4-5-6-11(2,9)10-7-8;3-2(4,5)1-6/h5-6,12,14,30H,2-4,7-11,13,15H2,1H3,(H,25,27)(H,32,33);1-2,7,9,25H,3-6,8,10H2,(H,20,22)(H2,27,28,29);1-2,7,9,24H,3-6,8H2,(H2,19,21,22,25);3-7H2,1-2H3;1H. The molecule has 10 N–H and O–H groups in total. The molecular weight excluding hydrogens is 1680 g/mol. The maximum absolute atomic E-state index is 13.5. The van der Waals surface area contributed by atoms with Crippen molar-refractivity contribution in [1.29, 1.82) is 0 Å². The first kappa shape index (κ1) is 95.4. The van der Waals surface area contributed by atoms with Crippen LogP contribution in [0.25, 0.3) is 33.1 Å². The Labute approximate surface area is 667 Å². The van der Waals surface area contributed by atoms with Gasteiger partial charge in [0.1, 0.15) is 36.1 Å². The number of hydrogen-bond acceptors (Lipinski definition) is 25. The molecule has 111 heavy (non-hydrogen) atoms. The van der Waals surface area contributed by atoms with Gasteiger partial charge in [-0.2, -0.15) is 28.5 Å². The van der Waals surface area contributed by atoms with Crippen LogP contribution in [0.2, 0.25) is 30.1 Å². The number of ether oxygens (including phenoxy) is 3. The third kappa shape index (κ3) is 33.3. The van der Waals surface area contributed by atoms with Gasteiger partial charge in [0.2, 0.25) is 31.5 Å². The molecule has 0 spiro atoms. The van der Waals surface area contributed by atoms with Gasteiger partial charge < -0.3 is 64.7 Å². The Kier molecular flexibility index (Phi) is 41.5. The fraction of sp³-hybridized carbons (Fsp3) is 0.469. The zero-order valence-corrected chi connectivity index (χ0v) is 67.9. The summed E-state index contributed by atoms with van der Waals surface area (Å²) < 4.78 is 103. The summed E-state index contributed by atoms with van der Waals surface area (Å²) in [6.07, 6.45) is 4.80. The highest BCUT2D eigenvalue weighted by molar-refractivity contribution is 7.58. The molecule has 3 aromatic carbocycles. The molecular formula is C64H84Cl7F3N15O19P3. The van der Waals surface area contributed by atoms with Crippen LogP contribution in [0.3, 0.4) is 0 Å². The van der Waals surface area contributed by atoms with Crippen LogP contribution < -0.4 is 32.6 Å². The molecule has 9 aromatic rings. The number of anilines is 3. The minimum Gasteiger partial charge on any atom is -0.394 e. The summed E-state index contributed by atoms with van der Waals surface area (Å²) in [5.41, 5.74) is 2.76. The Bertz CT molecular complexity index is 4770. The number of unbranched alkanes of at least 4 members (excludes halogenated alkanes) is 4. The molecule has 47 heteroatoms. The highest BCUT2D eigenvalue weighted by Gasteiger charge is 2.26. The monoisotopic (exact) mass is 1760 g/mol. The van der Waals surface area contributed by atoms with Crippen molar-refractivity contribution in [2.24, 2.45) is 0 Å². The molecule has 0 bridgehead atoms. The highest BCUT2D eigenvalue weighted by Crippen LogP contribution is 2.44. The average molecular weight is 1770 g/mol. The van der Waals surface area contributed by atoms with Crippen molar-refractivity contribution >= 4 is 161 Å². The van der Waals surface area contributed by atoms with E-state index in [1.807, 2.05) is 13.0 Å². The molecule has 0 aliphatic heterocycles. The molecule has 0 aliphatic carbocycles. The molecule has 34 nitrogen and oxygen atoms in total. The van der Waals surface area contributed by atoms with Gasteiger partial charge >= 0.3 is 21.6 Å². The molecule has 2 atom stereocenters. The number of benzene rings is 3. The van der Waals surface area contributed by atoms with Gasteiger partial charge in [-0.3, -0.25) is 65.5 Å². The number of carbonyl (C=O) groups excluding carboxylic acids is 1. The maximum Gasteiger partial charge on any atom is 0.471 e. The predicted octanol–water partition coefficient (Wildman–Crippen LogP) is 11.6. The van der Waals surface area contributed by atoms with Crippen LogP contribution in [0.4, 0.5) is 31.0 Å². The number of phosphoric acid groups is 1. The number of nitrogens with one attached hydrogen (secondary N) is 4. The molecule has 0 fully saturated rings. The Morgan fingerprint density at radius 1 is 0.532 bits per heavy atom. The third-order valence-electron chi connectivity index (χ3n) is 14.8. The van der Waals surface area contributed by atoms with E-state index in [1.165, 1.54) is 32.6 Å². The van der Waals surface area contributed by atoms with E-state index in [0.29, 0.717) is 84.9 Å². The number of nitrogens with zero attached hydrogens (tertiary/aromatic N) is 11. The molecule has 6 aromatic heterocycles. The van der Waals surface area contributed by atoms with E-state index < -0.39 is 59.8 Å². The number of aromatic nitrogens is 12. The first-order valence-corrected chi connectivity index (χ1v) is 42.0. The summed E-state index contributed by atoms with van der Waals surface area (Å²) in [4.78, 5) is 91.9. The quantitative estimate of drug-likeness (QED) is 0.00738. The van der Waals surface area contributed by atoms with Crippen molar-refractivity contribution in [3.63, 3.8) is 0 Å². The lowest BCUT2D eigenvalue weighted by molar-refractivity contribution is -0.156. The van der Waals surface area contributed by atoms with Crippen molar-refractivity contribution in [3.8, 4) is 0 Å². The fourth-order valence-electron chi connectivity index (χ4n) is 9.43. The summed E-state index contributed by atoms with van der Waals surface area (Å²) in [5.74, 6) is 0.492. The van der Waals surface area contributed by atoms with E-state index in [4.69, 9.17) is 134 Å². The Morgan fingerprint density at radius 2 is 0.910 bits per heavy atom. The molecule has 0 saturated carbocycles. The van der Waals surface area contributed by atoms with Gasteiger partial charge in [0.05, 0.1) is 134 Å². The van der Waals surface area contributed by atoms with E-state index >= 15 is 0 Å². The van der Waals surface area contributed by atoms with Gasteiger partial charge in [-0.25, -0.2) is 19.5 Å². The topological polar surface area (TPSA) is 450 Å². The van der Waals surface area contributed by atoms with Crippen LogP contribution in [0.1, 0.15) is 69.1 Å². The number of alkyl halides is 4. The molecule has 2 unspecified atom stereocenters. The van der Waals surface area contributed by atoms with E-state index in [2.05, 4.69) is 62.6 Å². The molecule has 614 valence electrons. The molecule has 0 saturated heterocycles. The van der Waals surface area contributed by atoms with Crippen LogP contribution in [0, 0.1) is 0 Å². The first-order valence-electron chi connectivity index (χ1n) is 33.7. The van der Waals surface area contributed by atoms with E-state index in [0.717, 1.165) is 57.9 Å². The SMILES string of the molecule is CCCCCP(=O)(O)OCn1c(NCc2ccc(Cl)c(Cl)c2)nc2cnn(CCOCCO)c2c1=O.CCCCCP(C)(=O)OCCl.O=CC(F)(F)F.O=c1[nH]c(NCc2ccc(Cl)c(Cl)c2)nc2cnn(CCOCCO)c12.O=c1c2c(cnn2CCOCCO)nc(NCc2ccc(Cl)c(Cl)c2)n1COP(=O)(O)O. The molecule has 9 rings (SSSR count). The summed E-state index contributed by atoms with van der Waals surface area (Å²) in [5, 5.41) is 50.4. The van der Waals surface area contributed by atoms with E-state index in [9.17, 15) is 46.1 Å². The van der Waals surface area contributed by atoms with Crippen LogP contribution in [0.15, 0.2) is 87.6 Å². The van der Waals surface area contributed by atoms with Crippen LogP contribution >= 0.6 is 104 Å². The molecule has 0 aliphatic rings. The van der Waals surface area contributed by atoms with Crippen molar-refractivity contribution in [2.45, 2.75) is 111 Å². The number of aliphatic hydroxyl groups is 3. The molecule has 0 radical (unpaired) electrons. The second-order valence-electron chi connectivity index (χ2n) is 23.3. The number of hydrogen-bond donors (Lipinski definition) is 10. The van der Waals surface area contributed by atoms with Gasteiger partial charge in [-0.1, -0.05) is 139 Å². The van der Waals surface area contributed by atoms with Crippen molar-refractivity contribution in [3.05, 3.63) is 151 Å². The largest absolute Gasteiger partial charge is 0.471 e. The van der Waals surface area contributed by atoms with Gasteiger partial charge in [0.25, 0.3) is 16.7 Å². The predicted molar refractivity (Wildman–Crippen MR) is 417 cm³/mol. The zero-order chi connectivity index (χ0) is 81.9. The third-order valence-corrected chi connectivity index (χ3v) is 20.9. The van der Waals surface area contributed by atoms with Crippen molar-refractivity contribution in [2.75, 3.05) is 100 Å². The number of rotatable bonds is 40. The lowest BCUT2D eigenvalue weighted by Crippen LogP contribution is -2.28. The normalized spacial score (nSPS) is 12.6. The number of fused-ring (bicyclic) bond motifs is 3. The lowest BCUT2D eigenvalue weighted by Gasteiger charge is -2.17. The number of aldehydes is 1. The number of carbonyl (C=O) groups is 1. The first-order chi connectivity index (χ1) is 52.7. The highest BCUT2D eigenvalue weighted by atomic mass is 35.5. The van der Waals surface area contributed by atoms with Gasteiger partial charge in [-0.05, 0) is 65.9 Å². The second-order valence-corrected chi connectivity index (χ2v) is 31.9. The van der Waals surface area contributed by atoms with Crippen LogP contribution in [-0.2, 0) is 99.0 Å². The summed E-state index contributed by atoms with van der Waals surface area (Å²) in [6, 6.07) is 15.4. The molecule has 0 amide bonds. The Balaban J connectivity index is 0.000000271. The lowest BCUT2D eigenvalue weighted by atomic mass is 10.2. The van der Waals surface area contributed by atoms with Gasteiger partial charge in [0, 0.05) is 32.5 Å². The summed E-state index contributed by atoms with van der Waals surface area (Å²) >= 11 is 41.2. The zero-order valence-electron chi connectivity index (χ0n) is 59.9. The Hall–Kier alpha value is -6.19. The van der Waals surface area contributed by atoms with Crippen LogP contribution in [-0.4, -0.2) is 185 Å². The van der Waals surface area contributed by atoms with E-state index in [1.54, 1.807) is 55.2 Å². The minimum atomic E-state index is -4.86. The fourth-order valence-corrected chi connectivity index (χ4v) is 13.5. The van der Waals surface area contributed by atoms with Crippen molar-refractivity contribution < 1.29 is 89.4 Å². The molecule has 6 heterocycles. The van der Waals surface area contributed by atoms with Gasteiger partial charge in [0.15, 0.2) is 16.6 Å². The number of halogens is 10. The van der Waals surface area contributed by atoms with Crippen LogP contribution in [0.5, 0.6) is 0 Å². The number of phosphoric ester groups is 1. The summed E-state index contributed by atoms with van der Waals surface area (Å²) in [7, 11) is -11.1. The number of aliphatic hydroxyl groups excluding tert-OH is 3. The number of H-pyrrole nitrogens is 1.